The maximum atomic E-state index is 13.9. The number of amides is 1. The third kappa shape index (κ3) is 3.70. The van der Waals surface area contributed by atoms with Gasteiger partial charge in [0.1, 0.15) is 23.4 Å². The van der Waals surface area contributed by atoms with Crippen molar-refractivity contribution in [2.45, 2.75) is 39.4 Å². The van der Waals surface area contributed by atoms with E-state index in [1.807, 2.05) is 44.2 Å². The van der Waals surface area contributed by atoms with Crippen LogP contribution in [0.3, 0.4) is 0 Å². The number of benzene rings is 2. The largest absolute Gasteiger partial charge is 0.352 e. The van der Waals surface area contributed by atoms with Gasteiger partial charge in [-0.3, -0.25) is 14.2 Å². The molecule has 2 aromatic carbocycles. The van der Waals surface area contributed by atoms with Crippen LogP contribution in [0.1, 0.15) is 25.8 Å². The predicted molar refractivity (Wildman–Crippen MR) is 115 cm³/mol. The molecule has 0 aliphatic carbocycles. The van der Waals surface area contributed by atoms with Crippen molar-refractivity contribution in [3.8, 4) is 0 Å². The number of nitrogens with one attached hydrogen (secondary N) is 1. The van der Waals surface area contributed by atoms with Gasteiger partial charge < -0.3 is 9.88 Å². The van der Waals surface area contributed by atoms with Crippen LogP contribution in [-0.4, -0.2) is 26.1 Å². The maximum Gasteiger partial charge on any atom is 0.278 e. The Kier molecular flexibility index (Phi) is 5.35. The normalized spacial score (nSPS) is 12.4. The molecule has 0 fully saturated rings. The van der Waals surface area contributed by atoms with Crippen molar-refractivity contribution < 1.29 is 9.18 Å². The Morgan fingerprint density at radius 2 is 1.97 bits per heavy atom. The lowest BCUT2D eigenvalue weighted by molar-refractivity contribution is -0.122. The van der Waals surface area contributed by atoms with Gasteiger partial charge in [0.2, 0.25) is 5.91 Å². The molecule has 1 amide bonds. The summed E-state index contributed by atoms with van der Waals surface area (Å²) in [4.78, 5) is 30.4. The Balaban J connectivity index is 1.87. The molecule has 4 aromatic rings. The zero-order valence-corrected chi connectivity index (χ0v) is 16.9. The van der Waals surface area contributed by atoms with Crippen LogP contribution < -0.4 is 10.9 Å². The van der Waals surface area contributed by atoms with Crippen molar-refractivity contribution in [1.29, 1.82) is 0 Å². The Morgan fingerprint density at radius 1 is 1.20 bits per heavy atom. The summed E-state index contributed by atoms with van der Waals surface area (Å²) in [5.41, 5.74) is 2.00. The van der Waals surface area contributed by atoms with E-state index in [-0.39, 0.29) is 24.1 Å². The number of nitrogens with zero attached hydrogens (tertiary/aromatic N) is 3. The molecule has 0 saturated heterocycles. The van der Waals surface area contributed by atoms with Crippen molar-refractivity contribution in [1.82, 2.24) is 19.4 Å². The summed E-state index contributed by atoms with van der Waals surface area (Å²) < 4.78 is 17.1. The molecule has 154 valence electrons. The molecule has 0 saturated carbocycles. The second-order valence-electron chi connectivity index (χ2n) is 7.48. The quantitative estimate of drug-likeness (QED) is 0.533. The summed E-state index contributed by atoms with van der Waals surface area (Å²) in [6.45, 7) is 4.23. The van der Waals surface area contributed by atoms with Gasteiger partial charge in [0.25, 0.3) is 5.56 Å². The first-order valence-corrected chi connectivity index (χ1v) is 9.98. The zero-order valence-electron chi connectivity index (χ0n) is 16.9. The molecule has 30 heavy (non-hydrogen) atoms. The lowest BCUT2D eigenvalue weighted by Crippen LogP contribution is -2.35. The molecule has 1 unspecified atom stereocenters. The zero-order chi connectivity index (χ0) is 21.3. The highest BCUT2D eigenvalue weighted by molar-refractivity contribution is 6.06. The third-order valence-electron chi connectivity index (χ3n) is 5.31. The van der Waals surface area contributed by atoms with Gasteiger partial charge in [0.15, 0.2) is 0 Å². The van der Waals surface area contributed by atoms with Gasteiger partial charge in [-0.05, 0) is 37.1 Å². The molecular weight excluding hydrogens is 383 g/mol. The summed E-state index contributed by atoms with van der Waals surface area (Å²) in [6, 6.07) is 13.9. The standard InChI is InChI=1S/C23H23FN4O2/c1-3-15(2)26-20(29)13-28-19-10-9-17(24)11-18(19)21-22(28)23(30)27(14-25-21)12-16-7-5-4-6-8-16/h4-11,14-15H,3,12-13H2,1-2H3,(H,26,29). The molecule has 0 bridgehead atoms. The van der Waals surface area contributed by atoms with Crippen LogP contribution in [0.2, 0.25) is 0 Å². The summed E-state index contributed by atoms with van der Waals surface area (Å²) in [7, 11) is 0. The van der Waals surface area contributed by atoms with Crippen molar-refractivity contribution in [3.05, 3.63) is 76.6 Å². The Labute approximate surface area is 173 Å². The minimum atomic E-state index is -0.416. The second-order valence-corrected chi connectivity index (χ2v) is 7.48. The van der Waals surface area contributed by atoms with E-state index in [0.717, 1.165) is 12.0 Å². The number of rotatable bonds is 6. The van der Waals surface area contributed by atoms with Crippen molar-refractivity contribution in [3.63, 3.8) is 0 Å². The van der Waals surface area contributed by atoms with E-state index in [0.29, 0.717) is 28.5 Å². The number of fused-ring (bicyclic) bond motifs is 3. The molecule has 2 heterocycles. The number of carbonyl (C=O) groups excluding carboxylic acids is 1. The average molecular weight is 406 g/mol. The maximum absolute atomic E-state index is 13.9. The number of carbonyl (C=O) groups is 1. The van der Waals surface area contributed by atoms with Gasteiger partial charge in [-0.2, -0.15) is 0 Å². The highest BCUT2D eigenvalue weighted by Gasteiger charge is 2.19. The molecule has 1 N–H and O–H groups in total. The minimum Gasteiger partial charge on any atom is -0.352 e. The van der Waals surface area contributed by atoms with E-state index >= 15 is 0 Å². The van der Waals surface area contributed by atoms with Gasteiger partial charge in [-0.1, -0.05) is 37.3 Å². The van der Waals surface area contributed by atoms with Crippen molar-refractivity contribution in [2.75, 3.05) is 0 Å². The molecule has 7 heteroatoms. The Bertz CT molecular complexity index is 1280. The second kappa shape index (κ2) is 8.10. The fourth-order valence-electron chi connectivity index (χ4n) is 3.60. The van der Waals surface area contributed by atoms with Gasteiger partial charge in [0, 0.05) is 11.4 Å². The average Bonchev–Trinajstić information content (AvgIpc) is 3.04. The Morgan fingerprint density at radius 3 is 2.70 bits per heavy atom. The van der Waals surface area contributed by atoms with Crippen LogP contribution in [0.15, 0.2) is 59.7 Å². The first-order chi connectivity index (χ1) is 14.5. The summed E-state index contributed by atoms with van der Waals surface area (Å²) in [5.74, 6) is -0.619. The summed E-state index contributed by atoms with van der Waals surface area (Å²) in [6.07, 6.45) is 2.28. The molecule has 2 aromatic heterocycles. The predicted octanol–water partition coefficient (Wildman–Crippen LogP) is 3.45. The fourth-order valence-corrected chi connectivity index (χ4v) is 3.60. The molecule has 6 nitrogen and oxygen atoms in total. The molecule has 1 atom stereocenters. The number of halogens is 1. The summed E-state index contributed by atoms with van der Waals surface area (Å²) >= 11 is 0. The van der Waals surface area contributed by atoms with E-state index in [2.05, 4.69) is 10.3 Å². The van der Waals surface area contributed by atoms with E-state index in [1.165, 1.54) is 23.0 Å². The summed E-state index contributed by atoms with van der Waals surface area (Å²) in [5, 5.41) is 3.44. The van der Waals surface area contributed by atoms with Gasteiger partial charge in [-0.15, -0.1) is 0 Å². The fraction of sp³-hybridized carbons (Fsp3) is 0.261. The number of hydrogen-bond acceptors (Lipinski definition) is 3. The minimum absolute atomic E-state index is 0.0240. The van der Waals surface area contributed by atoms with Gasteiger partial charge >= 0.3 is 0 Å². The monoisotopic (exact) mass is 406 g/mol. The first kappa shape index (κ1) is 19.8. The lowest BCUT2D eigenvalue weighted by Gasteiger charge is -2.13. The smallest absolute Gasteiger partial charge is 0.278 e. The number of aromatic nitrogens is 3. The SMILES string of the molecule is CCC(C)NC(=O)Cn1c2ccc(F)cc2c2ncn(Cc3ccccc3)c(=O)c21. The topological polar surface area (TPSA) is 68.9 Å². The van der Waals surface area contributed by atoms with Crippen molar-refractivity contribution in [2.24, 2.45) is 0 Å². The van der Waals surface area contributed by atoms with Gasteiger partial charge in [0.05, 0.1) is 18.4 Å². The van der Waals surface area contributed by atoms with Crippen LogP contribution in [-0.2, 0) is 17.9 Å². The van der Waals surface area contributed by atoms with E-state index < -0.39 is 5.82 Å². The van der Waals surface area contributed by atoms with Gasteiger partial charge in [-0.25, -0.2) is 9.37 Å². The van der Waals surface area contributed by atoms with Crippen LogP contribution in [0, 0.1) is 5.82 Å². The third-order valence-corrected chi connectivity index (χ3v) is 5.31. The highest BCUT2D eigenvalue weighted by Crippen LogP contribution is 2.26. The van der Waals surface area contributed by atoms with Crippen LogP contribution in [0.5, 0.6) is 0 Å². The molecule has 0 spiro atoms. The molecule has 4 rings (SSSR count). The van der Waals surface area contributed by atoms with Crippen LogP contribution >= 0.6 is 0 Å². The molecule has 0 aliphatic rings. The number of hydrogen-bond donors (Lipinski definition) is 1. The first-order valence-electron chi connectivity index (χ1n) is 9.98. The highest BCUT2D eigenvalue weighted by atomic mass is 19.1. The van der Waals surface area contributed by atoms with Crippen LogP contribution in [0.25, 0.3) is 21.9 Å². The van der Waals surface area contributed by atoms with Crippen molar-refractivity contribution >= 4 is 27.8 Å². The van der Waals surface area contributed by atoms with E-state index in [9.17, 15) is 14.0 Å². The molecular formula is C23H23FN4O2. The van der Waals surface area contributed by atoms with E-state index in [4.69, 9.17) is 0 Å². The molecule has 0 radical (unpaired) electrons. The van der Waals surface area contributed by atoms with E-state index in [1.54, 1.807) is 10.6 Å². The Hall–Kier alpha value is -3.48. The lowest BCUT2D eigenvalue weighted by atomic mass is 10.2. The molecule has 0 aliphatic heterocycles. The van der Waals surface area contributed by atoms with Crippen LogP contribution in [0.4, 0.5) is 4.39 Å².